The molecule has 0 radical (unpaired) electrons. The van der Waals surface area contributed by atoms with Gasteiger partial charge in [-0.3, -0.25) is 9.69 Å². The van der Waals surface area contributed by atoms with Gasteiger partial charge in [-0.05, 0) is 65.6 Å². The zero-order valence-electron chi connectivity index (χ0n) is 21.6. The number of fused-ring (bicyclic) bond motifs is 1. The number of aromatic amines is 1. The summed E-state index contributed by atoms with van der Waals surface area (Å²) in [6.07, 6.45) is 0.771. The number of ether oxygens (including phenoxy) is 2. The molecule has 2 aromatic heterocycles. The van der Waals surface area contributed by atoms with Gasteiger partial charge in [0.05, 0.1) is 31.8 Å². The normalized spacial score (nSPS) is 12.4. The number of nitrogens with zero attached hydrogens (tertiary/aromatic N) is 5. The van der Waals surface area contributed by atoms with Crippen LogP contribution in [0.3, 0.4) is 0 Å². The lowest BCUT2D eigenvalue weighted by atomic mass is 10.0. The van der Waals surface area contributed by atoms with E-state index in [1.165, 1.54) is 0 Å². The fourth-order valence-electron chi connectivity index (χ4n) is 4.59. The Labute approximate surface area is 211 Å². The maximum atomic E-state index is 13.2. The van der Waals surface area contributed by atoms with E-state index in [0.717, 1.165) is 45.6 Å². The third kappa shape index (κ3) is 5.47. The molecule has 1 atom stereocenters. The predicted molar refractivity (Wildman–Crippen MR) is 139 cm³/mol. The highest BCUT2D eigenvalue weighted by atomic mass is 16.5. The summed E-state index contributed by atoms with van der Waals surface area (Å²) in [5.41, 5.74) is 4.81. The van der Waals surface area contributed by atoms with Crippen molar-refractivity contribution in [1.82, 2.24) is 30.1 Å². The molecule has 4 aromatic rings. The molecule has 2 heterocycles. The lowest BCUT2D eigenvalue weighted by molar-refractivity contribution is 0.151. The van der Waals surface area contributed by atoms with Gasteiger partial charge in [0.2, 0.25) is 0 Å². The van der Waals surface area contributed by atoms with Crippen molar-refractivity contribution in [2.24, 2.45) is 0 Å². The van der Waals surface area contributed by atoms with Gasteiger partial charge in [-0.1, -0.05) is 31.2 Å². The number of aromatic nitrogens is 5. The molecule has 0 spiro atoms. The molecule has 0 bridgehead atoms. The van der Waals surface area contributed by atoms with E-state index in [4.69, 9.17) is 9.47 Å². The van der Waals surface area contributed by atoms with Gasteiger partial charge in [0.1, 0.15) is 5.75 Å². The third-order valence-electron chi connectivity index (χ3n) is 6.63. The molecule has 9 nitrogen and oxygen atoms in total. The molecule has 9 heteroatoms. The molecule has 0 fully saturated rings. The monoisotopic (exact) mass is 490 g/mol. The second kappa shape index (κ2) is 11.5. The van der Waals surface area contributed by atoms with E-state index >= 15 is 0 Å². The molecule has 36 heavy (non-hydrogen) atoms. The van der Waals surface area contributed by atoms with Crippen LogP contribution in [0.15, 0.2) is 47.3 Å². The Balaban J connectivity index is 1.75. The van der Waals surface area contributed by atoms with Crippen molar-refractivity contribution in [2.45, 2.75) is 52.9 Å². The highest BCUT2D eigenvalue weighted by Crippen LogP contribution is 2.28. The summed E-state index contributed by atoms with van der Waals surface area (Å²) in [6.45, 7) is 8.32. The fraction of sp³-hybridized carbons (Fsp3) is 0.407. The summed E-state index contributed by atoms with van der Waals surface area (Å²) in [5.74, 6) is 1.56. The maximum Gasteiger partial charge on any atom is 0.252 e. The second-order valence-electron chi connectivity index (χ2n) is 9.04. The van der Waals surface area contributed by atoms with Crippen molar-refractivity contribution < 1.29 is 9.47 Å². The Bertz CT molecular complexity index is 1360. The number of H-pyrrole nitrogens is 1. The van der Waals surface area contributed by atoms with Crippen LogP contribution < -0.4 is 10.3 Å². The van der Waals surface area contributed by atoms with Gasteiger partial charge < -0.3 is 14.5 Å². The van der Waals surface area contributed by atoms with Crippen LogP contribution in [0.2, 0.25) is 0 Å². The summed E-state index contributed by atoms with van der Waals surface area (Å²) >= 11 is 0. The van der Waals surface area contributed by atoms with Crippen LogP contribution in [0.4, 0.5) is 0 Å². The molecule has 1 N–H and O–H groups in total. The highest BCUT2D eigenvalue weighted by Gasteiger charge is 2.26. The summed E-state index contributed by atoms with van der Waals surface area (Å²) < 4.78 is 12.4. The molecule has 0 unspecified atom stereocenters. The molecule has 0 aliphatic rings. The Kier molecular flexibility index (Phi) is 8.12. The summed E-state index contributed by atoms with van der Waals surface area (Å²) in [6, 6.07) is 14.0. The van der Waals surface area contributed by atoms with Crippen molar-refractivity contribution in [1.29, 1.82) is 0 Å². The van der Waals surface area contributed by atoms with Crippen LogP contribution in [-0.4, -0.2) is 50.9 Å². The van der Waals surface area contributed by atoms with Crippen molar-refractivity contribution in [2.75, 3.05) is 20.8 Å². The summed E-state index contributed by atoms with van der Waals surface area (Å²) in [7, 11) is 3.32. The van der Waals surface area contributed by atoms with Gasteiger partial charge in [0.25, 0.3) is 5.56 Å². The molecule has 0 saturated heterocycles. The van der Waals surface area contributed by atoms with E-state index < -0.39 is 0 Å². The van der Waals surface area contributed by atoms with Gasteiger partial charge >= 0.3 is 0 Å². The number of nitrogens with one attached hydrogen (secondary N) is 1. The first kappa shape index (κ1) is 25.5. The minimum atomic E-state index is -0.104. The van der Waals surface area contributed by atoms with E-state index in [9.17, 15) is 4.79 Å². The number of hydrogen-bond acceptors (Lipinski definition) is 7. The second-order valence-corrected chi connectivity index (χ2v) is 9.04. The Morgan fingerprint density at radius 1 is 1.06 bits per heavy atom. The zero-order valence-corrected chi connectivity index (χ0v) is 21.6. The van der Waals surface area contributed by atoms with Crippen LogP contribution in [0, 0.1) is 13.8 Å². The SMILES string of the molecule is CC[C@H](c1nnnn1CCOC)N(Cc1ccc(OC)cc1)Cc1cc2c(C)ccc(C)c2[nH]c1=O. The highest BCUT2D eigenvalue weighted by molar-refractivity contribution is 5.85. The Morgan fingerprint density at radius 2 is 1.81 bits per heavy atom. The van der Waals surface area contributed by atoms with Crippen LogP contribution in [0.5, 0.6) is 5.75 Å². The maximum absolute atomic E-state index is 13.2. The van der Waals surface area contributed by atoms with Crippen molar-refractivity contribution in [3.8, 4) is 5.75 Å². The number of pyridine rings is 1. The molecule has 0 amide bonds. The molecule has 2 aromatic carbocycles. The quantitative estimate of drug-likeness (QED) is 0.340. The van der Waals surface area contributed by atoms with Crippen molar-refractivity contribution in [3.63, 3.8) is 0 Å². The number of hydrogen-bond donors (Lipinski definition) is 1. The molecule has 190 valence electrons. The molecule has 0 aliphatic heterocycles. The minimum Gasteiger partial charge on any atom is -0.497 e. The van der Waals surface area contributed by atoms with Crippen LogP contribution in [0.25, 0.3) is 10.9 Å². The number of benzene rings is 2. The first-order valence-electron chi connectivity index (χ1n) is 12.2. The Hall–Kier alpha value is -3.56. The van der Waals surface area contributed by atoms with Gasteiger partial charge in [-0.2, -0.15) is 0 Å². The molecule has 0 saturated carbocycles. The third-order valence-corrected chi connectivity index (χ3v) is 6.63. The van der Waals surface area contributed by atoms with Crippen LogP contribution in [0.1, 0.15) is 47.5 Å². The summed E-state index contributed by atoms with van der Waals surface area (Å²) in [4.78, 5) is 18.6. The first-order chi connectivity index (χ1) is 17.4. The minimum absolute atomic E-state index is 0.0789. The lowest BCUT2D eigenvalue weighted by Gasteiger charge is -2.30. The molecule has 0 aliphatic carbocycles. The fourth-order valence-corrected chi connectivity index (χ4v) is 4.59. The van der Waals surface area contributed by atoms with Gasteiger partial charge in [-0.25, -0.2) is 4.68 Å². The zero-order chi connectivity index (χ0) is 25.7. The number of rotatable bonds is 11. The average Bonchev–Trinajstić information content (AvgIpc) is 3.35. The average molecular weight is 491 g/mol. The number of tetrazole rings is 1. The van der Waals surface area contributed by atoms with Crippen LogP contribution >= 0.6 is 0 Å². The standard InChI is InChI=1S/C27H34N6O3/c1-6-24(26-29-30-31-33(26)13-14-35-4)32(16-20-9-11-22(36-5)12-10-20)17-21-15-23-18(2)7-8-19(3)25(23)28-27(21)34/h7-12,15,24H,6,13-14,16-17H2,1-5H3,(H,28,34)/t24-/m1/s1. The molecular weight excluding hydrogens is 456 g/mol. The first-order valence-corrected chi connectivity index (χ1v) is 12.2. The van der Waals surface area contributed by atoms with E-state index in [0.29, 0.717) is 31.8 Å². The smallest absolute Gasteiger partial charge is 0.252 e. The van der Waals surface area contributed by atoms with Gasteiger partial charge in [0, 0.05) is 31.1 Å². The van der Waals surface area contributed by atoms with Crippen molar-refractivity contribution in [3.05, 3.63) is 80.9 Å². The van der Waals surface area contributed by atoms with E-state index in [2.05, 4.69) is 45.3 Å². The Morgan fingerprint density at radius 3 is 2.50 bits per heavy atom. The lowest BCUT2D eigenvalue weighted by Crippen LogP contribution is -2.32. The number of aryl methyl sites for hydroxylation is 2. The van der Waals surface area contributed by atoms with Gasteiger partial charge in [0.15, 0.2) is 5.82 Å². The van der Waals surface area contributed by atoms with Crippen molar-refractivity contribution >= 4 is 10.9 Å². The molecular formula is C27H34N6O3. The largest absolute Gasteiger partial charge is 0.497 e. The molecule has 4 rings (SSSR count). The van der Waals surface area contributed by atoms with E-state index in [-0.39, 0.29) is 11.6 Å². The predicted octanol–water partition coefficient (Wildman–Crippen LogP) is 3.94. The van der Waals surface area contributed by atoms with Gasteiger partial charge in [-0.15, -0.1) is 5.10 Å². The summed E-state index contributed by atoms with van der Waals surface area (Å²) in [5, 5.41) is 13.6. The van der Waals surface area contributed by atoms with E-state index in [1.807, 2.05) is 43.3 Å². The van der Waals surface area contributed by atoms with E-state index in [1.54, 1.807) is 18.9 Å². The van der Waals surface area contributed by atoms with Crippen LogP contribution in [-0.2, 0) is 24.4 Å². The number of methoxy groups -OCH3 is 2. The topological polar surface area (TPSA) is 98.2 Å².